The molecule has 0 aromatic carbocycles. The van der Waals surface area contributed by atoms with Crippen molar-refractivity contribution < 1.29 is 0 Å². The van der Waals surface area contributed by atoms with Crippen LogP contribution in [0.2, 0.25) is 0 Å². The Balaban J connectivity index is 1.95. The first-order valence-corrected chi connectivity index (χ1v) is 9.25. The average molecular weight is 340 g/mol. The number of thiophene rings is 1. The lowest BCUT2D eigenvalue weighted by molar-refractivity contribution is 0.509. The highest BCUT2D eigenvalue weighted by molar-refractivity contribution is 7.99. The van der Waals surface area contributed by atoms with E-state index in [0.717, 1.165) is 44.9 Å². The number of hydrogen-bond acceptors (Lipinski definition) is 5. The number of anilines is 1. The largest absolute Gasteiger partial charge is 0.383 e. The molecule has 0 aliphatic heterocycles. The summed E-state index contributed by atoms with van der Waals surface area (Å²) in [6, 6.07) is 0. The van der Waals surface area contributed by atoms with Gasteiger partial charge in [0.1, 0.15) is 10.6 Å². The minimum Gasteiger partial charge on any atom is -0.383 e. The molecule has 2 heterocycles. The van der Waals surface area contributed by atoms with Crippen LogP contribution in [0.4, 0.5) is 5.82 Å². The SMILES string of the molecule is C/C(Cl)=C/CSc1nc(N)c2c3c(sc2n1)C[C@H](C)CC3. The molecule has 0 amide bonds. The van der Waals surface area contributed by atoms with Gasteiger partial charge in [0.05, 0.1) is 5.39 Å². The van der Waals surface area contributed by atoms with E-state index in [-0.39, 0.29) is 0 Å². The van der Waals surface area contributed by atoms with E-state index in [9.17, 15) is 0 Å². The van der Waals surface area contributed by atoms with Gasteiger partial charge in [-0.15, -0.1) is 11.3 Å². The summed E-state index contributed by atoms with van der Waals surface area (Å²) < 4.78 is 0. The number of aryl methyl sites for hydroxylation is 1. The van der Waals surface area contributed by atoms with Crippen molar-refractivity contribution in [1.82, 2.24) is 9.97 Å². The first-order valence-electron chi connectivity index (χ1n) is 7.07. The molecule has 2 N–H and O–H groups in total. The topological polar surface area (TPSA) is 51.8 Å². The Morgan fingerprint density at radius 1 is 1.52 bits per heavy atom. The third kappa shape index (κ3) is 3.20. The maximum atomic E-state index is 6.19. The molecule has 0 bridgehead atoms. The Labute approximate surface area is 138 Å². The van der Waals surface area contributed by atoms with Crippen LogP contribution in [-0.4, -0.2) is 15.7 Å². The van der Waals surface area contributed by atoms with Crippen molar-refractivity contribution in [3.63, 3.8) is 0 Å². The molecule has 112 valence electrons. The van der Waals surface area contributed by atoms with E-state index in [2.05, 4.69) is 16.9 Å². The van der Waals surface area contributed by atoms with Crippen molar-refractivity contribution in [3.05, 3.63) is 21.5 Å². The van der Waals surface area contributed by atoms with Gasteiger partial charge in [-0.1, -0.05) is 36.4 Å². The molecule has 3 nitrogen and oxygen atoms in total. The Kier molecular flexibility index (Phi) is 4.43. The summed E-state index contributed by atoms with van der Waals surface area (Å²) in [6.07, 6.45) is 5.43. The monoisotopic (exact) mass is 339 g/mol. The van der Waals surface area contributed by atoms with E-state index in [1.165, 1.54) is 16.9 Å². The van der Waals surface area contributed by atoms with Crippen molar-refractivity contribution in [3.8, 4) is 0 Å². The number of fused-ring (bicyclic) bond motifs is 3. The van der Waals surface area contributed by atoms with Crippen LogP contribution in [0.25, 0.3) is 10.2 Å². The molecule has 0 radical (unpaired) electrons. The predicted octanol–water partition coefficient (Wildman–Crippen LogP) is 4.63. The molecule has 0 saturated carbocycles. The Hall–Kier alpha value is -0.780. The van der Waals surface area contributed by atoms with Gasteiger partial charge in [0.25, 0.3) is 0 Å². The van der Waals surface area contributed by atoms with Crippen LogP contribution in [0, 0.1) is 5.92 Å². The second kappa shape index (κ2) is 6.15. The summed E-state index contributed by atoms with van der Waals surface area (Å²) in [6.45, 7) is 4.18. The lowest BCUT2D eigenvalue weighted by Crippen LogP contribution is -2.09. The zero-order valence-corrected chi connectivity index (χ0v) is 14.5. The number of nitrogens with two attached hydrogens (primary N) is 1. The fourth-order valence-electron chi connectivity index (χ4n) is 2.65. The van der Waals surface area contributed by atoms with Gasteiger partial charge in [0.15, 0.2) is 5.16 Å². The van der Waals surface area contributed by atoms with Crippen molar-refractivity contribution in [2.75, 3.05) is 11.5 Å². The highest BCUT2D eigenvalue weighted by Gasteiger charge is 2.23. The van der Waals surface area contributed by atoms with Gasteiger partial charge in [-0.3, -0.25) is 0 Å². The van der Waals surface area contributed by atoms with Gasteiger partial charge in [0, 0.05) is 15.7 Å². The fourth-order valence-corrected chi connectivity index (χ4v) is 5.06. The number of allylic oxidation sites excluding steroid dienone is 1. The number of rotatable bonds is 3. The second-order valence-corrected chi connectivity index (χ2v) is 8.19. The number of thioether (sulfide) groups is 1. The van der Waals surface area contributed by atoms with Gasteiger partial charge in [-0.05, 0) is 37.7 Å². The zero-order valence-electron chi connectivity index (χ0n) is 12.1. The van der Waals surface area contributed by atoms with Crippen LogP contribution >= 0.6 is 34.7 Å². The van der Waals surface area contributed by atoms with E-state index in [1.54, 1.807) is 23.1 Å². The number of aromatic nitrogens is 2. The highest BCUT2D eigenvalue weighted by Crippen LogP contribution is 2.39. The summed E-state index contributed by atoms with van der Waals surface area (Å²) in [5.41, 5.74) is 7.58. The zero-order chi connectivity index (χ0) is 15.0. The lowest BCUT2D eigenvalue weighted by atomic mass is 9.89. The molecular formula is C15H18ClN3S2. The van der Waals surface area contributed by atoms with Crippen molar-refractivity contribution in [1.29, 1.82) is 0 Å². The molecule has 1 atom stereocenters. The number of halogens is 1. The normalized spacial score (nSPS) is 19.0. The summed E-state index contributed by atoms with van der Waals surface area (Å²) in [7, 11) is 0. The maximum Gasteiger partial charge on any atom is 0.191 e. The smallest absolute Gasteiger partial charge is 0.191 e. The molecule has 1 aliphatic carbocycles. The summed E-state index contributed by atoms with van der Waals surface area (Å²) >= 11 is 9.19. The third-order valence-electron chi connectivity index (χ3n) is 3.74. The summed E-state index contributed by atoms with van der Waals surface area (Å²) in [5, 5.41) is 2.62. The third-order valence-corrected chi connectivity index (χ3v) is 5.82. The molecule has 2 aromatic rings. The van der Waals surface area contributed by atoms with Crippen LogP contribution in [0.15, 0.2) is 16.3 Å². The number of nitrogens with zero attached hydrogens (tertiary/aromatic N) is 2. The van der Waals surface area contributed by atoms with E-state index in [1.807, 2.05) is 13.0 Å². The molecule has 6 heteroatoms. The molecule has 2 aromatic heterocycles. The van der Waals surface area contributed by atoms with Gasteiger partial charge in [0.2, 0.25) is 0 Å². The average Bonchev–Trinajstić information content (AvgIpc) is 2.75. The molecular weight excluding hydrogens is 322 g/mol. The molecule has 0 unspecified atom stereocenters. The predicted molar refractivity (Wildman–Crippen MR) is 93.4 cm³/mol. The molecule has 21 heavy (non-hydrogen) atoms. The Bertz CT molecular complexity index is 704. The molecule has 0 spiro atoms. The van der Waals surface area contributed by atoms with Gasteiger partial charge >= 0.3 is 0 Å². The van der Waals surface area contributed by atoms with Crippen LogP contribution in [0.1, 0.15) is 30.7 Å². The maximum absolute atomic E-state index is 6.19. The van der Waals surface area contributed by atoms with Gasteiger partial charge < -0.3 is 5.73 Å². The quantitative estimate of drug-likeness (QED) is 0.654. The standard InChI is InChI=1S/C15H18ClN3S2/c1-8-3-4-10-11(7-8)21-14-12(10)13(17)18-15(19-14)20-6-5-9(2)16/h5,8H,3-4,6-7H2,1-2H3,(H2,17,18,19)/b9-5-/t8-/m1/s1. The first kappa shape index (κ1) is 15.1. The second-order valence-electron chi connectivity index (χ2n) is 5.53. The van der Waals surface area contributed by atoms with Crippen LogP contribution < -0.4 is 5.73 Å². The van der Waals surface area contributed by atoms with E-state index < -0.39 is 0 Å². The van der Waals surface area contributed by atoms with Crippen molar-refractivity contribution in [2.24, 2.45) is 5.92 Å². The minimum absolute atomic E-state index is 0.626. The number of hydrogen-bond donors (Lipinski definition) is 1. The van der Waals surface area contributed by atoms with Crippen LogP contribution in [0.5, 0.6) is 0 Å². The summed E-state index contributed by atoms with van der Waals surface area (Å²) in [4.78, 5) is 11.6. The Morgan fingerprint density at radius 2 is 2.33 bits per heavy atom. The fraction of sp³-hybridized carbons (Fsp3) is 0.467. The van der Waals surface area contributed by atoms with E-state index in [0.29, 0.717) is 5.82 Å². The van der Waals surface area contributed by atoms with Gasteiger partial charge in [-0.25, -0.2) is 9.97 Å². The molecule has 3 rings (SSSR count). The minimum atomic E-state index is 0.626. The number of nitrogen functional groups attached to an aromatic ring is 1. The van der Waals surface area contributed by atoms with Crippen LogP contribution in [0.3, 0.4) is 0 Å². The Morgan fingerprint density at radius 3 is 3.10 bits per heavy atom. The van der Waals surface area contributed by atoms with E-state index in [4.69, 9.17) is 17.3 Å². The van der Waals surface area contributed by atoms with Crippen molar-refractivity contribution >= 4 is 50.7 Å². The van der Waals surface area contributed by atoms with Gasteiger partial charge in [-0.2, -0.15) is 0 Å². The van der Waals surface area contributed by atoms with Crippen LogP contribution in [-0.2, 0) is 12.8 Å². The molecule has 0 saturated heterocycles. The van der Waals surface area contributed by atoms with Crippen molar-refractivity contribution in [2.45, 2.75) is 38.3 Å². The molecule has 1 aliphatic rings. The lowest BCUT2D eigenvalue weighted by Gasteiger charge is -2.17. The van der Waals surface area contributed by atoms with E-state index >= 15 is 0 Å². The molecule has 0 fully saturated rings. The summed E-state index contributed by atoms with van der Waals surface area (Å²) in [5.74, 6) is 2.15. The first-order chi connectivity index (χ1) is 10.0. The highest BCUT2D eigenvalue weighted by atomic mass is 35.5.